The summed E-state index contributed by atoms with van der Waals surface area (Å²) in [6.45, 7) is 9.04. The van der Waals surface area contributed by atoms with E-state index < -0.39 is 29.3 Å². The van der Waals surface area contributed by atoms with Crippen LogP contribution in [-0.2, 0) is 32.0 Å². The lowest BCUT2D eigenvalue weighted by molar-refractivity contribution is -0.146. The highest BCUT2D eigenvalue weighted by atomic mass is 16.6. The minimum atomic E-state index is -0.898. The fraction of sp³-hybridized carbons (Fsp3) is 0.385. The minimum Gasteiger partial charge on any atom is -0.444 e. The Morgan fingerprint density at radius 1 is 0.729 bits per heavy atom. The zero-order valence-corrected chi connectivity index (χ0v) is 29.4. The summed E-state index contributed by atoms with van der Waals surface area (Å²) >= 11 is 0. The Balaban J connectivity index is 1.85. The van der Waals surface area contributed by atoms with Gasteiger partial charge < -0.3 is 25.2 Å². The SMILES string of the molecule is CNC(=O)[C@@H](Cc1ccccc1)N(C)C(=O)[C@@H](Cc1ccc(-c2ccccc2)cc1)N(C)C(=O)/C=C/CC(C)(C)NC(=O)OC(C)(C)C. The zero-order valence-electron chi connectivity index (χ0n) is 29.4. The summed E-state index contributed by atoms with van der Waals surface area (Å²) in [6, 6.07) is 25.7. The van der Waals surface area contributed by atoms with Crippen LogP contribution in [0.4, 0.5) is 4.79 Å². The fourth-order valence-corrected chi connectivity index (χ4v) is 5.23. The molecule has 2 atom stereocenters. The van der Waals surface area contributed by atoms with E-state index in [2.05, 4.69) is 10.6 Å². The van der Waals surface area contributed by atoms with E-state index in [1.54, 1.807) is 48.0 Å². The lowest BCUT2D eigenvalue weighted by Gasteiger charge is -2.34. The highest BCUT2D eigenvalue weighted by Gasteiger charge is 2.34. The van der Waals surface area contributed by atoms with Crippen LogP contribution in [-0.4, -0.2) is 78.0 Å². The van der Waals surface area contributed by atoms with Gasteiger partial charge in [0, 0.05) is 39.5 Å². The third-order valence-corrected chi connectivity index (χ3v) is 7.95. The predicted octanol–water partition coefficient (Wildman–Crippen LogP) is 5.79. The van der Waals surface area contributed by atoms with Crippen molar-refractivity contribution in [1.82, 2.24) is 20.4 Å². The molecule has 0 aliphatic carbocycles. The van der Waals surface area contributed by atoms with Crippen LogP contribution in [0.2, 0.25) is 0 Å². The molecule has 3 rings (SSSR count). The van der Waals surface area contributed by atoms with Crippen LogP contribution in [0.5, 0.6) is 0 Å². The molecular weight excluding hydrogens is 604 g/mol. The number of rotatable bonds is 13. The van der Waals surface area contributed by atoms with Crippen LogP contribution in [0.15, 0.2) is 97.1 Å². The van der Waals surface area contributed by atoms with E-state index in [0.717, 1.165) is 22.3 Å². The van der Waals surface area contributed by atoms with Crippen LogP contribution < -0.4 is 10.6 Å². The molecule has 0 radical (unpaired) electrons. The second-order valence-electron chi connectivity index (χ2n) is 13.6. The molecule has 9 nitrogen and oxygen atoms in total. The van der Waals surface area contributed by atoms with Crippen molar-refractivity contribution in [3.63, 3.8) is 0 Å². The van der Waals surface area contributed by atoms with Gasteiger partial charge in [-0.05, 0) is 69.4 Å². The average Bonchev–Trinajstić information content (AvgIpc) is 3.04. The van der Waals surface area contributed by atoms with Gasteiger partial charge in [0.2, 0.25) is 17.7 Å². The normalized spacial score (nSPS) is 12.9. The number of alkyl carbamates (subject to hydrolysis) is 1. The summed E-state index contributed by atoms with van der Waals surface area (Å²) in [5, 5.41) is 5.52. The van der Waals surface area contributed by atoms with E-state index in [1.165, 1.54) is 15.9 Å². The summed E-state index contributed by atoms with van der Waals surface area (Å²) in [6.07, 6.45) is 3.46. The molecule has 2 N–H and O–H groups in total. The van der Waals surface area contributed by atoms with Crippen molar-refractivity contribution in [2.75, 3.05) is 21.1 Å². The maximum atomic E-state index is 14.3. The second-order valence-corrected chi connectivity index (χ2v) is 13.6. The molecule has 9 heteroatoms. The molecule has 0 aliphatic rings. The van der Waals surface area contributed by atoms with Gasteiger partial charge in [-0.1, -0.05) is 91.0 Å². The van der Waals surface area contributed by atoms with Gasteiger partial charge in [-0.25, -0.2) is 4.79 Å². The first kappa shape index (κ1) is 37.5. The van der Waals surface area contributed by atoms with Crippen LogP contribution in [0.25, 0.3) is 11.1 Å². The van der Waals surface area contributed by atoms with E-state index in [4.69, 9.17) is 4.74 Å². The third kappa shape index (κ3) is 11.4. The number of nitrogens with zero attached hydrogens (tertiary/aromatic N) is 2. The summed E-state index contributed by atoms with van der Waals surface area (Å²) in [4.78, 5) is 56.1. The molecule has 3 aromatic rings. The number of likely N-dealkylation sites (N-methyl/N-ethyl adjacent to an activating group) is 3. The Bertz CT molecular complexity index is 1550. The molecule has 0 bridgehead atoms. The number of hydrogen-bond acceptors (Lipinski definition) is 5. The first-order chi connectivity index (χ1) is 22.6. The maximum Gasteiger partial charge on any atom is 0.408 e. The van der Waals surface area contributed by atoms with Crippen LogP contribution in [0.3, 0.4) is 0 Å². The summed E-state index contributed by atoms with van der Waals surface area (Å²) < 4.78 is 5.37. The number of benzene rings is 3. The van der Waals surface area contributed by atoms with Crippen molar-refractivity contribution in [3.8, 4) is 11.1 Å². The number of carbonyl (C=O) groups excluding carboxylic acids is 4. The summed E-state index contributed by atoms with van der Waals surface area (Å²) in [7, 11) is 4.75. The second kappa shape index (κ2) is 16.8. The van der Waals surface area contributed by atoms with E-state index in [0.29, 0.717) is 12.8 Å². The highest BCUT2D eigenvalue weighted by Crippen LogP contribution is 2.22. The number of nitrogens with one attached hydrogen (secondary N) is 2. The van der Waals surface area contributed by atoms with E-state index >= 15 is 0 Å². The zero-order chi connectivity index (χ0) is 35.5. The molecule has 0 fully saturated rings. The summed E-state index contributed by atoms with van der Waals surface area (Å²) in [5.74, 6) is -1.03. The van der Waals surface area contributed by atoms with Crippen LogP contribution in [0, 0.1) is 0 Å². The molecule has 0 aliphatic heterocycles. The molecule has 256 valence electrons. The third-order valence-electron chi connectivity index (χ3n) is 7.95. The number of hydrogen-bond donors (Lipinski definition) is 2. The molecule has 4 amide bonds. The van der Waals surface area contributed by atoms with Crippen molar-refractivity contribution in [2.24, 2.45) is 0 Å². The monoisotopic (exact) mass is 654 g/mol. The van der Waals surface area contributed by atoms with E-state index in [9.17, 15) is 19.2 Å². The smallest absolute Gasteiger partial charge is 0.408 e. The van der Waals surface area contributed by atoms with Gasteiger partial charge in [0.05, 0.1) is 0 Å². The van der Waals surface area contributed by atoms with Gasteiger partial charge in [-0.2, -0.15) is 0 Å². The van der Waals surface area contributed by atoms with Crippen molar-refractivity contribution < 1.29 is 23.9 Å². The molecular formula is C39H50N4O5. The lowest BCUT2D eigenvalue weighted by atomic mass is 9.98. The lowest BCUT2D eigenvalue weighted by Crippen LogP contribution is -2.55. The summed E-state index contributed by atoms with van der Waals surface area (Å²) in [5.41, 5.74) is 2.57. The quantitative estimate of drug-likeness (QED) is 0.227. The molecule has 3 aromatic carbocycles. The van der Waals surface area contributed by atoms with Crippen molar-refractivity contribution in [1.29, 1.82) is 0 Å². The van der Waals surface area contributed by atoms with Gasteiger partial charge in [0.15, 0.2) is 0 Å². The van der Waals surface area contributed by atoms with E-state index in [1.807, 2.05) is 98.8 Å². The fourth-order valence-electron chi connectivity index (χ4n) is 5.23. The Morgan fingerprint density at radius 2 is 1.25 bits per heavy atom. The molecule has 48 heavy (non-hydrogen) atoms. The first-order valence-electron chi connectivity index (χ1n) is 16.2. The standard InChI is InChI=1S/C39H50N4O5/c1-38(2,3)48-37(47)41-39(4,5)25-15-20-34(44)42(7)33(27-29-21-23-31(24-22-29)30-18-13-10-14-19-30)36(46)43(8)32(35(45)40-6)26-28-16-11-9-12-17-28/h9-24,32-33H,25-27H2,1-8H3,(H,40,45)(H,41,47)/b20-15+/t32-,33-/m1/s1. The average molecular weight is 655 g/mol. The van der Waals surface area contributed by atoms with Crippen molar-refractivity contribution in [3.05, 3.63) is 108 Å². The molecule has 0 heterocycles. The van der Waals surface area contributed by atoms with Crippen LogP contribution >= 0.6 is 0 Å². The molecule has 0 spiro atoms. The minimum absolute atomic E-state index is 0.242. The van der Waals surface area contributed by atoms with Gasteiger partial charge in [0.1, 0.15) is 17.7 Å². The Kier molecular flexibility index (Phi) is 13.1. The highest BCUT2D eigenvalue weighted by molar-refractivity contribution is 5.95. The number of amides is 4. The molecule has 0 saturated heterocycles. The Labute approximate surface area is 285 Å². The van der Waals surface area contributed by atoms with Gasteiger partial charge in [-0.15, -0.1) is 0 Å². The van der Waals surface area contributed by atoms with Gasteiger partial charge >= 0.3 is 6.09 Å². The number of carbonyl (C=O) groups is 4. The molecule has 0 unspecified atom stereocenters. The molecule has 0 saturated carbocycles. The predicted molar refractivity (Wildman–Crippen MR) is 190 cm³/mol. The topological polar surface area (TPSA) is 108 Å². The van der Waals surface area contributed by atoms with Gasteiger partial charge in [0.25, 0.3) is 0 Å². The van der Waals surface area contributed by atoms with Crippen molar-refractivity contribution in [2.45, 2.75) is 77.1 Å². The maximum absolute atomic E-state index is 14.3. The Morgan fingerprint density at radius 3 is 1.81 bits per heavy atom. The van der Waals surface area contributed by atoms with Crippen molar-refractivity contribution >= 4 is 23.8 Å². The largest absolute Gasteiger partial charge is 0.444 e. The van der Waals surface area contributed by atoms with E-state index in [-0.39, 0.29) is 24.1 Å². The number of ether oxygens (including phenoxy) is 1. The van der Waals surface area contributed by atoms with Gasteiger partial charge in [-0.3, -0.25) is 14.4 Å². The van der Waals surface area contributed by atoms with Crippen LogP contribution in [0.1, 0.15) is 52.2 Å². The Hall–Kier alpha value is -4.92. The molecule has 0 aromatic heterocycles. The first-order valence-corrected chi connectivity index (χ1v) is 16.2.